The molecule has 1 fully saturated rings. The Morgan fingerprint density at radius 1 is 1.39 bits per heavy atom. The van der Waals surface area contributed by atoms with Crippen molar-refractivity contribution in [3.63, 3.8) is 0 Å². The highest BCUT2D eigenvalue weighted by molar-refractivity contribution is 7.92. The van der Waals surface area contributed by atoms with E-state index in [1.165, 1.54) is 24.5 Å². The molecule has 0 amide bonds. The van der Waals surface area contributed by atoms with Crippen molar-refractivity contribution >= 4 is 15.7 Å². The third kappa shape index (κ3) is 3.05. The van der Waals surface area contributed by atoms with Gasteiger partial charge in [-0.25, -0.2) is 4.68 Å². The summed E-state index contributed by atoms with van der Waals surface area (Å²) in [6.07, 6.45) is 6.96. The number of aromatic nitrogens is 3. The molecule has 0 bridgehead atoms. The van der Waals surface area contributed by atoms with Gasteiger partial charge in [0.05, 0.1) is 35.4 Å². The second kappa shape index (κ2) is 6.01. The Morgan fingerprint density at radius 3 is 2.83 bits per heavy atom. The molecular weight excluding hydrogens is 314 g/mol. The van der Waals surface area contributed by atoms with Crippen molar-refractivity contribution in [2.45, 2.75) is 43.7 Å². The zero-order valence-electron chi connectivity index (χ0n) is 12.7. The van der Waals surface area contributed by atoms with Gasteiger partial charge in [-0.05, 0) is 31.9 Å². The average Bonchev–Trinajstić information content (AvgIpc) is 3.19. The fourth-order valence-electron chi connectivity index (χ4n) is 2.85. The predicted octanol–water partition coefficient (Wildman–Crippen LogP) is 2.37. The van der Waals surface area contributed by atoms with Crippen LogP contribution in [0, 0.1) is 18.3 Å². The second-order valence-electron chi connectivity index (χ2n) is 5.63. The summed E-state index contributed by atoms with van der Waals surface area (Å²) in [5.74, 6) is 0. The van der Waals surface area contributed by atoms with Crippen molar-refractivity contribution in [3.05, 3.63) is 35.8 Å². The zero-order valence-corrected chi connectivity index (χ0v) is 13.5. The monoisotopic (exact) mass is 331 g/mol. The van der Waals surface area contributed by atoms with Crippen LogP contribution < -0.4 is 4.72 Å². The van der Waals surface area contributed by atoms with Crippen LogP contribution in [0.1, 0.15) is 43.0 Å². The van der Waals surface area contributed by atoms with Gasteiger partial charge in [-0.1, -0.05) is 12.8 Å². The van der Waals surface area contributed by atoms with Gasteiger partial charge in [-0.15, -0.1) is 0 Å². The molecule has 7 nitrogen and oxygen atoms in total. The number of anilines is 1. The molecule has 3 rings (SSSR count). The second-order valence-corrected chi connectivity index (χ2v) is 7.26. The molecule has 0 unspecified atom stereocenters. The molecule has 0 aliphatic heterocycles. The summed E-state index contributed by atoms with van der Waals surface area (Å²) < 4.78 is 29.4. The molecule has 0 saturated heterocycles. The molecule has 120 valence electrons. The summed E-state index contributed by atoms with van der Waals surface area (Å²) >= 11 is 0. The number of aryl methyl sites for hydroxylation is 1. The van der Waals surface area contributed by atoms with E-state index in [1.54, 1.807) is 11.6 Å². The number of nitriles is 1. The smallest absolute Gasteiger partial charge is 0.277 e. The van der Waals surface area contributed by atoms with E-state index >= 15 is 0 Å². The van der Waals surface area contributed by atoms with E-state index in [0.717, 1.165) is 25.7 Å². The third-order valence-corrected chi connectivity index (χ3v) is 5.42. The van der Waals surface area contributed by atoms with E-state index in [4.69, 9.17) is 5.26 Å². The molecule has 1 saturated carbocycles. The molecule has 1 aliphatic rings. The first-order chi connectivity index (χ1) is 11.0. The van der Waals surface area contributed by atoms with E-state index in [9.17, 15) is 8.42 Å². The normalized spacial score (nSPS) is 15.5. The molecule has 0 aromatic carbocycles. The van der Waals surface area contributed by atoms with Crippen molar-refractivity contribution in [2.24, 2.45) is 0 Å². The minimum absolute atomic E-state index is 0.127. The van der Waals surface area contributed by atoms with Gasteiger partial charge in [0.1, 0.15) is 6.07 Å². The van der Waals surface area contributed by atoms with Crippen LogP contribution in [-0.4, -0.2) is 23.2 Å². The lowest BCUT2D eigenvalue weighted by molar-refractivity contribution is 0.428. The van der Waals surface area contributed by atoms with Gasteiger partial charge in [0.2, 0.25) is 0 Å². The molecule has 23 heavy (non-hydrogen) atoms. The molecule has 0 spiro atoms. The average molecular weight is 331 g/mol. The van der Waals surface area contributed by atoms with Gasteiger partial charge in [0.15, 0.2) is 5.03 Å². The number of nitrogens with one attached hydrogen (secondary N) is 1. The predicted molar refractivity (Wildman–Crippen MR) is 84.2 cm³/mol. The maximum Gasteiger partial charge on any atom is 0.279 e. The molecule has 2 aromatic rings. The van der Waals surface area contributed by atoms with Gasteiger partial charge in [-0.2, -0.15) is 18.8 Å². The topological polar surface area (TPSA) is 101 Å². The van der Waals surface area contributed by atoms with E-state index in [-0.39, 0.29) is 16.8 Å². The number of rotatable bonds is 4. The molecule has 1 N–H and O–H groups in total. The summed E-state index contributed by atoms with van der Waals surface area (Å²) in [4.78, 5) is 4.04. The quantitative estimate of drug-likeness (QED) is 0.927. The maximum absolute atomic E-state index is 12.6. The van der Waals surface area contributed by atoms with Crippen LogP contribution in [0.2, 0.25) is 0 Å². The van der Waals surface area contributed by atoms with Crippen molar-refractivity contribution in [2.75, 3.05) is 4.72 Å². The van der Waals surface area contributed by atoms with Gasteiger partial charge >= 0.3 is 0 Å². The summed E-state index contributed by atoms with van der Waals surface area (Å²) in [7, 11) is -3.77. The molecule has 8 heteroatoms. The number of hydrogen-bond donors (Lipinski definition) is 1. The lowest BCUT2D eigenvalue weighted by atomic mass is 10.2. The molecule has 2 heterocycles. The summed E-state index contributed by atoms with van der Waals surface area (Å²) in [6.45, 7) is 1.70. The largest absolute Gasteiger partial charge is 0.279 e. The summed E-state index contributed by atoms with van der Waals surface area (Å²) in [5.41, 5.74) is 1.17. The van der Waals surface area contributed by atoms with E-state index in [1.807, 2.05) is 6.07 Å². The molecule has 1 aliphatic carbocycles. The molecule has 0 atom stereocenters. The van der Waals surface area contributed by atoms with Crippen LogP contribution in [0.25, 0.3) is 0 Å². The Labute approximate surface area is 135 Å². The Kier molecular flexibility index (Phi) is 4.05. The van der Waals surface area contributed by atoms with Crippen molar-refractivity contribution in [1.82, 2.24) is 14.8 Å². The van der Waals surface area contributed by atoms with E-state index in [0.29, 0.717) is 11.3 Å². The SMILES string of the molecule is Cc1ncc(NS(=O)(=O)c2ccnn2C2CCCC2)cc1C#N. The van der Waals surface area contributed by atoms with Gasteiger partial charge < -0.3 is 0 Å². The highest BCUT2D eigenvalue weighted by Gasteiger charge is 2.26. The van der Waals surface area contributed by atoms with Crippen LogP contribution in [0.5, 0.6) is 0 Å². The summed E-state index contributed by atoms with van der Waals surface area (Å²) in [5, 5.41) is 13.4. The highest BCUT2D eigenvalue weighted by atomic mass is 32.2. The number of sulfonamides is 1. The third-order valence-electron chi connectivity index (χ3n) is 4.04. The van der Waals surface area contributed by atoms with Crippen LogP contribution in [0.15, 0.2) is 29.6 Å². The fraction of sp³-hybridized carbons (Fsp3) is 0.400. The molecule has 0 radical (unpaired) electrons. The number of nitrogens with zero attached hydrogens (tertiary/aromatic N) is 4. The zero-order chi connectivity index (χ0) is 16.4. The fourth-order valence-corrected chi connectivity index (χ4v) is 4.06. The molecular formula is C15H17N5O2S. The number of hydrogen-bond acceptors (Lipinski definition) is 5. The lowest BCUT2D eigenvalue weighted by Crippen LogP contribution is -2.20. The lowest BCUT2D eigenvalue weighted by Gasteiger charge is -2.15. The van der Waals surface area contributed by atoms with E-state index in [2.05, 4.69) is 14.8 Å². The van der Waals surface area contributed by atoms with Gasteiger partial charge in [-0.3, -0.25) is 9.71 Å². The Balaban J connectivity index is 1.91. The Morgan fingerprint density at radius 2 is 2.13 bits per heavy atom. The van der Waals surface area contributed by atoms with Gasteiger partial charge in [0.25, 0.3) is 10.0 Å². The van der Waals surface area contributed by atoms with E-state index < -0.39 is 10.0 Å². The standard InChI is InChI=1S/C15H17N5O2S/c1-11-12(9-16)8-13(10-17-11)19-23(21,22)15-6-7-18-20(15)14-4-2-3-5-14/h6-8,10,14,19H,2-5H2,1H3. The van der Waals surface area contributed by atoms with Crippen molar-refractivity contribution < 1.29 is 8.42 Å². The minimum atomic E-state index is -3.77. The Hall–Kier alpha value is -2.40. The molecule has 2 aromatic heterocycles. The van der Waals surface area contributed by atoms with Crippen molar-refractivity contribution in [1.29, 1.82) is 5.26 Å². The van der Waals surface area contributed by atoms with Crippen LogP contribution in [0.3, 0.4) is 0 Å². The maximum atomic E-state index is 12.6. The first-order valence-corrected chi connectivity index (χ1v) is 8.92. The number of pyridine rings is 1. The summed E-state index contributed by atoms with van der Waals surface area (Å²) in [6, 6.07) is 5.10. The Bertz CT molecular complexity index is 860. The van der Waals surface area contributed by atoms with Crippen LogP contribution in [0.4, 0.5) is 5.69 Å². The van der Waals surface area contributed by atoms with Crippen molar-refractivity contribution in [3.8, 4) is 6.07 Å². The minimum Gasteiger partial charge on any atom is -0.277 e. The van der Waals surface area contributed by atoms with Gasteiger partial charge in [0, 0.05) is 0 Å². The first kappa shape index (κ1) is 15.5. The first-order valence-electron chi connectivity index (χ1n) is 7.44. The van der Waals surface area contributed by atoms with Crippen LogP contribution >= 0.6 is 0 Å². The van der Waals surface area contributed by atoms with Crippen LogP contribution in [-0.2, 0) is 10.0 Å². The highest BCUT2D eigenvalue weighted by Crippen LogP contribution is 2.31.